The summed E-state index contributed by atoms with van der Waals surface area (Å²) in [5.41, 5.74) is -2.16. The average Bonchev–Trinajstić information content (AvgIpc) is 2.62. The van der Waals surface area contributed by atoms with Crippen LogP contribution in [0.25, 0.3) is 0 Å². The third kappa shape index (κ3) is 10.8. The molecule has 0 unspecified atom stereocenters. The monoisotopic (exact) mass is 443 g/mol. The van der Waals surface area contributed by atoms with Crippen molar-refractivity contribution in [2.24, 2.45) is 5.92 Å². The molecule has 2 atom stereocenters. The maximum absolute atomic E-state index is 12.8. The number of alkyl carbamates (subject to hydrolysis) is 1. The highest BCUT2D eigenvalue weighted by Crippen LogP contribution is 2.10. The van der Waals surface area contributed by atoms with Gasteiger partial charge >= 0.3 is 12.1 Å². The van der Waals surface area contributed by atoms with Crippen molar-refractivity contribution in [2.75, 3.05) is 20.3 Å². The molecule has 0 fully saturated rings. The molecule has 3 amide bonds. The topological polar surface area (TPSA) is 132 Å². The Morgan fingerprint density at radius 2 is 1.61 bits per heavy atom. The van der Waals surface area contributed by atoms with Gasteiger partial charge in [-0.3, -0.25) is 9.59 Å². The van der Waals surface area contributed by atoms with E-state index in [1.165, 1.54) is 27.0 Å². The van der Waals surface area contributed by atoms with Crippen molar-refractivity contribution in [3.8, 4) is 0 Å². The van der Waals surface area contributed by atoms with Crippen molar-refractivity contribution in [3.05, 3.63) is 12.7 Å². The Hall–Kier alpha value is -2.62. The molecule has 0 aliphatic carbocycles. The van der Waals surface area contributed by atoms with E-state index >= 15 is 0 Å². The summed E-state index contributed by atoms with van der Waals surface area (Å²) in [5.74, 6) is -2.06. The quantitative estimate of drug-likeness (QED) is 0.249. The molecule has 0 rings (SSSR count). The Bertz CT molecular complexity index is 654. The molecule has 0 aromatic heterocycles. The summed E-state index contributed by atoms with van der Waals surface area (Å²) in [7, 11) is 1.23. The van der Waals surface area contributed by atoms with Gasteiger partial charge in [-0.25, -0.2) is 9.59 Å². The SMILES string of the molecule is C=CCOC[C@H](NC(=O)OC(C)(C)C)C(=O)NC(C)(C)C(=O)N[C@H](C(=O)OC)C(C)C. The van der Waals surface area contributed by atoms with Crippen LogP contribution in [-0.2, 0) is 28.6 Å². The summed E-state index contributed by atoms with van der Waals surface area (Å²) in [6.07, 6.45) is 0.696. The molecule has 10 nitrogen and oxygen atoms in total. The molecule has 0 heterocycles. The zero-order valence-electron chi connectivity index (χ0n) is 19.8. The van der Waals surface area contributed by atoms with Gasteiger partial charge < -0.3 is 30.2 Å². The van der Waals surface area contributed by atoms with Crippen LogP contribution in [0, 0.1) is 5.92 Å². The molecule has 31 heavy (non-hydrogen) atoms. The van der Waals surface area contributed by atoms with Crippen molar-refractivity contribution < 1.29 is 33.4 Å². The fourth-order valence-electron chi connectivity index (χ4n) is 2.30. The van der Waals surface area contributed by atoms with Crippen molar-refractivity contribution in [3.63, 3.8) is 0 Å². The summed E-state index contributed by atoms with van der Waals surface area (Å²) < 4.78 is 15.2. The summed E-state index contributed by atoms with van der Waals surface area (Å²) in [6, 6.07) is -2.00. The number of methoxy groups -OCH3 is 1. The van der Waals surface area contributed by atoms with E-state index in [2.05, 4.69) is 22.5 Å². The van der Waals surface area contributed by atoms with Gasteiger partial charge in [0.2, 0.25) is 11.8 Å². The molecule has 10 heteroatoms. The smallest absolute Gasteiger partial charge is 0.408 e. The Morgan fingerprint density at radius 1 is 1.03 bits per heavy atom. The van der Waals surface area contributed by atoms with Crippen LogP contribution in [0.3, 0.4) is 0 Å². The van der Waals surface area contributed by atoms with Gasteiger partial charge in [0.1, 0.15) is 23.2 Å². The molecule has 0 aromatic rings. The van der Waals surface area contributed by atoms with Crippen LogP contribution in [0.15, 0.2) is 12.7 Å². The average molecular weight is 444 g/mol. The second kappa shape index (κ2) is 12.3. The Labute approximate surface area is 184 Å². The lowest BCUT2D eigenvalue weighted by molar-refractivity contribution is -0.147. The highest BCUT2D eigenvalue weighted by molar-refractivity contribution is 5.95. The summed E-state index contributed by atoms with van der Waals surface area (Å²) >= 11 is 0. The molecule has 0 aromatic carbocycles. The van der Waals surface area contributed by atoms with E-state index in [-0.39, 0.29) is 19.1 Å². The Kier molecular flexibility index (Phi) is 11.2. The number of carbonyl (C=O) groups excluding carboxylic acids is 4. The van der Waals surface area contributed by atoms with E-state index in [9.17, 15) is 19.2 Å². The lowest BCUT2D eigenvalue weighted by Gasteiger charge is -2.30. The van der Waals surface area contributed by atoms with Crippen LogP contribution in [0.2, 0.25) is 0 Å². The molecule has 0 saturated heterocycles. The minimum atomic E-state index is -1.40. The van der Waals surface area contributed by atoms with Crippen LogP contribution < -0.4 is 16.0 Å². The van der Waals surface area contributed by atoms with Gasteiger partial charge in [0.05, 0.1) is 20.3 Å². The van der Waals surface area contributed by atoms with Crippen molar-refractivity contribution in [1.82, 2.24) is 16.0 Å². The number of carbonyl (C=O) groups is 4. The minimum Gasteiger partial charge on any atom is -0.467 e. The van der Waals surface area contributed by atoms with Crippen molar-refractivity contribution >= 4 is 23.9 Å². The molecule has 0 aliphatic rings. The van der Waals surface area contributed by atoms with E-state index < -0.39 is 47.1 Å². The summed E-state index contributed by atoms with van der Waals surface area (Å²) in [5, 5.41) is 7.61. The number of ether oxygens (including phenoxy) is 3. The predicted octanol–water partition coefficient (Wildman–Crippen LogP) is 1.29. The molecule has 0 aliphatic heterocycles. The van der Waals surface area contributed by atoms with Gasteiger partial charge in [-0.1, -0.05) is 19.9 Å². The van der Waals surface area contributed by atoms with E-state index in [4.69, 9.17) is 14.2 Å². The first-order valence-corrected chi connectivity index (χ1v) is 10.0. The molecule has 0 bridgehead atoms. The maximum atomic E-state index is 12.8. The van der Waals surface area contributed by atoms with E-state index in [0.717, 1.165) is 0 Å². The molecule has 0 saturated carbocycles. The summed E-state index contributed by atoms with van der Waals surface area (Å²) in [4.78, 5) is 49.6. The van der Waals surface area contributed by atoms with Gasteiger partial charge in [-0.05, 0) is 40.5 Å². The van der Waals surface area contributed by atoms with Crippen LogP contribution in [0.5, 0.6) is 0 Å². The third-order valence-corrected chi connectivity index (χ3v) is 3.94. The highest BCUT2D eigenvalue weighted by atomic mass is 16.6. The lowest BCUT2D eigenvalue weighted by Crippen LogP contribution is -2.62. The first-order valence-electron chi connectivity index (χ1n) is 10.0. The van der Waals surface area contributed by atoms with Gasteiger partial charge in [0.25, 0.3) is 0 Å². The molecule has 178 valence electrons. The maximum Gasteiger partial charge on any atom is 0.408 e. The number of hydrogen-bond donors (Lipinski definition) is 3. The zero-order chi connectivity index (χ0) is 24.4. The second-order valence-electron chi connectivity index (χ2n) is 8.86. The van der Waals surface area contributed by atoms with Crippen LogP contribution in [0.1, 0.15) is 48.5 Å². The highest BCUT2D eigenvalue weighted by Gasteiger charge is 2.36. The number of esters is 1. The molecule has 0 radical (unpaired) electrons. The number of hydrogen-bond acceptors (Lipinski definition) is 7. The van der Waals surface area contributed by atoms with Crippen LogP contribution in [-0.4, -0.2) is 67.4 Å². The fraction of sp³-hybridized carbons (Fsp3) is 0.714. The van der Waals surface area contributed by atoms with Crippen LogP contribution >= 0.6 is 0 Å². The number of nitrogens with one attached hydrogen (secondary N) is 3. The van der Waals surface area contributed by atoms with Crippen molar-refractivity contribution in [1.29, 1.82) is 0 Å². The van der Waals surface area contributed by atoms with Crippen LogP contribution in [0.4, 0.5) is 4.79 Å². The van der Waals surface area contributed by atoms with Crippen molar-refractivity contribution in [2.45, 2.75) is 71.7 Å². The molecule has 3 N–H and O–H groups in total. The largest absolute Gasteiger partial charge is 0.467 e. The third-order valence-electron chi connectivity index (χ3n) is 3.94. The molecule has 0 spiro atoms. The number of rotatable bonds is 11. The zero-order valence-corrected chi connectivity index (χ0v) is 19.8. The Morgan fingerprint density at radius 3 is 2.06 bits per heavy atom. The first kappa shape index (κ1) is 28.4. The van der Waals surface area contributed by atoms with Gasteiger partial charge in [0.15, 0.2) is 0 Å². The van der Waals surface area contributed by atoms with Gasteiger partial charge in [-0.2, -0.15) is 0 Å². The first-order chi connectivity index (χ1) is 14.1. The van der Waals surface area contributed by atoms with E-state index in [0.29, 0.717) is 0 Å². The minimum absolute atomic E-state index is 0.161. The van der Waals surface area contributed by atoms with E-state index in [1.807, 2.05) is 0 Å². The van der Waals surface area contributed by atoms with Gasteiger partial charge in [0, 0.05) is 0 Å². The normalized spacial score (nSPS) is 13.6. The van der Waals surface area contributed by atoms with E-state index in [1.54, 1.807) is 34.6 Å². The lowest BCUT2D eigenvalue weighted by atomic mass is 9.99. The second-order valence-corrected chi connectivity index (χ2v) is 8.86. The predicted molar refractivity (Wildman–Crippen MR) is 115 cm³/mol. The standard InChI is InChI=1S/C21H37N3O7/c1-10-11-30-12-14(22-19(28)31-20(4,5)6)16(25)24-21(7,8)18(27)23-15(13(2)3)17(26)29-9/h10,13-15H,1,11-12H2,2-9H3,(H,22,28)(H,23,27)(H,24,25)/t14-,15-/m0/s1. The molecular formula is C21H37N3O7. The van der Waals surface area contributed by atoms with Gasteiger partial charge in [-0.15, -0.1) is 6.58 Å². The fourth-order valence-corrected chi connectivity index (χ4v) is 2.30. The molecular weight excluding hydrogens is 406 g/mol. The Balaban J connectivity index is 5.32. The summed E-state index contributed by atoms with van der Waals surface area (Å²) in [6.45, 7) is 15.1. The number of amides is 3.